The van der Waals surface area contributed by atoms with Crippen LogP contribution in [0.5, 0.6) is 0 Å². The summed E-state index contributed by atoms with van der Waals surface area (Å²) in [6.07, 6.45) is 4.10. The van der Waals surface area contributed by atoms with Gasteiger partial charge in [0.25, 0.3) is 5.91 Å². The van der Waals surface area contributed by atoms with E-state index in [-0.39, 0.29) is 11.8 Å². The number of hydrogen-bond acceptors (Lipinski definition) is 2. The van der Waals surface area contributed by atoms with Crippen molar-refractivity contribution in [3.8, 4) is 0 Å². The normalized spacial score (nSPS) is 29.4. The van der Waals surface area contributed by atoms with Gasteiger partial charge in [-0.3, -0.25) is 4.79 Å². The quantitative estimate of drug-likeness (QED) is 0.488. The molecule has 1 amide bonds. The number of allylic oxidation sites excluding steroid dienone is 1. The number of fused-ring (bicyclic) bond motifs is 1. The molecule has 0 spiro atoms. The Hall–Kier alpha value is -1.12. The molecule has 0 bridgehead atoms. The van der Waals surface area contributed by atoms with Gasteiger partial charge in [0, 0.05) is 12.3 Å². The predicted octanol–water partition coefficient (Wildman–Crippen LogP) is 0.518. The third kappa shape index (κ3) is 0.744. The number of dihydropyridines is 1. The van der Waals surface area contributed by atoms with E-state index in [0.29, 0.717) is 0 Å². The Morgan fingerprint density at radius 2 is 2.60 bits per heavy atom. The Labute approximate surface area is 58.4 Å². The van der Waals surface area contributed by atoms with Crippen molar-refractivity contribution < 1.29 is 9.53 Å². The molecule has 0 saturated carbocycles. The second kappa shape index (κ2) is 1.94. The fourth-order valence-electron chi connectivity index (χ4n) is 1.17. The van der Waals surface area contributed by atoms with Crippen molar-refractivity contribution in [1.82, 2.24) is 0 Å². The lowest BCUT2D eigenvalue weighted by atomic mass is 10.1. The second-order valence-corrected chi connectivity index (χ2v) is 2.41. The maximum absolute atomic E-state index is 10.7. The number of ether oxygens (including phenoxy) is 1. The van der Waals surface area contributed by atoms with Gasteiger partial charge in [-0.25, -0.2) is 4.99 Å². The molecule has 1 fully saturated rings. The van der Waals surface area contributed by atoms with Gasteiger partial charge in [0.1, 0.15) is 5.76 Å². The van der Waals surface area contributed by atoms with E-state index in [1.165, 1.54) is 6.08 Å². The Morgan fingerprint density at radius 3 is 3.50 bits per heavy atom. The van der Waals surface area contributed by atoms with Crippen LogP contribution in [-0.4, -0.2) is 18.7 Å². The van der Waals surface area contributed by atoms with Crippen molar-refractivity contribution in [3.63, 3.8) is 0 Å². The standard InChI is InChI=1S/C7H7NO2/c9-7-3-6-5(4-8-7)1-2-10-6/h3-5H,1-2H2. The van der Waals surface area contributed by atoms with E-state index < -0.39 is 0 Å². The smallest absolute Gasteiger partial charge is 0.272 e. The van der Waals surface area contributed by atoms with Gasteiger partial charge in [0.05, 0.1) is 12.5 Å². The fourth-order valence-corrected chi connectivity index (χ4v) is 1.17. The van der Waals surface area contributed by atoms with Gasteiger partial charge in [-0.1, -0.05) is 0 Å². The van der Waals surface area contributed by atoms with Gasteiger partial charge in [0.15, 0.2) is 0 Å². The minimum Gasteiger partial charge on any atom is -0.497 e. The van der Waals surface area contributed by atoms with Crippen LogP contribution >= 0.6 is 0 Å². The molecule has 3 heteroatoms. The van der Waals surface area contributed by atoms with E-state index in [2.05, 4.69) is 4.99 Å². The number of carbonyl (C=O) groups excluding carboxylic acids is 1. The first-order valence-electron chi connectivity index (χ1n) is 3.29. The molecular weight excluding hydrogens is 130 g/mol. The van der Waals surface area contributed by atoms with Crippen LogP contribution in [0.2, 0.25) is 0 Å². The topological polar surface area (TPSA) is 38.7 Å². The van der Waals surface area contributed by atoms with Crippen molar-refractivity contribution >= 4 is 12.1 Å². The monoisotopic (exact) mass is 137 g/mol. The van der Waals surface area contributed by atoms with Gasteiger partial charge in [-0.05, 0) is 6.42 Å². The van der Waals surface area contributed by atoms with Gasteiger partial charge >= 0.3 is 0 Å². The zero-order valence-electron chi connectivity index (χ0n) is 5.41. The molecule has 1 saturated heterocycles. The van der Waals surface area contributed by atoms with Crippen LogP contribution in [-0.2, 0) is 9.53 Å². The molecule has 0 N–H and O–H groups in total. The van der Waals surface area contributed by atoms with E-state index in [9.17, 15) is 4.79 Å². The lowest BCUT2D eigenvalue weighted by Crippen LogP contribution is -2.07. The zero-order chi connectivity index (χ0) is 6.97. The molecule has 3 nitrogen and oxygen atoms in total. The summed E-state index contributed by atoms with van der Waals surface area (Å²) in [5.41, 5.74) is 0. The maximum Gasteiger partial charge on any atom is 0.272 e. The molecule has 52 valence electrons. The number of nitrogens with zero attached hydrogens (tertiary/aromatic N) is 1. The van der Waals surface area contributed by atoms with Crippen molar-refractivity contribution in [2.24, 2.45) is 10.9 Å². The lowest BCUT2D eigenvalue weighted by molar-refractivity contribution is -0.113. The first kappa shape index (κ1) is 5.65. The average molecular weight is 137 g/mol. The Bertz CT molecular complexity index is 230. The number of carbonyl (C=O) groups is 1. The van der Waals surface area contributed by atoms with Crippen molar-refractivity contribution in [3.05, 3.63) is 11.8 Å². The molecule has 0 aromatic heterocycles. The molecular formula is C7H7NO2. The van der Waals surface area contributed by atoms with Crippen LogP contribution in [0.4, 0.5) is 0 Å². The SMILES string of the molecule is O=C1C=C2OCCC2C=N1. The number of rotatable bonds is 0. The molecule has 1 unspecified atom stereocenters. The van der Waals surface area contributed by atoms with E-state index >= 15 is 0 Å². The number of hydrogen-bond donors (Lipinski definition) is 0. The lowest BCUT2D eigenvalue weighted by Gasteiger charge is -2.05. The summed E-state index contributed by atoms with van der Waals surface area (Å²) in [7, 11) is 0. The van der Waals surface area contributed by atoms with E-state index in [4.69, 9.17) is 4.74 Å². The van der Waals surface area contributed by atoms with Crippen LogP contribution in [0.15, 0.2) is 16.8 Å². The van der Waals surface area contributed by atoms with Crippen molar-refractivity contribution in [2.75, 3.05) is 6.61 Å². The summed E-state index contributed by atoms with van der Waals surface area (Å²) in [6.45, 7) is 0.718. The Kier molecular flexibility index (Phi) is 1.09. The van der Waals surface area contributed by atoms with Crippen molar-refractivity contribution in [1.29, 1.82) is 0 Å². The third-order valence-corrected chi connectivity index (χ3v) is 1.71. The average Bonchev–Trinajstić information content (AvgIpc) is 2.33. The van der Waals surface area contributed by atoms with Gasteiger partial charge in [-0.2, -0.15) is 0 Å². The van der Waals surface area contributed by atoms with Crippen LogP contribution in [0, 0.1) is 5.92 Å². The molecule has 0 aromatic carbocycles. The minimum absolute atomic E-state index is 0.201. The van der Waals surface area contributed by atoms with Crippen molar-refractivity contribution in [2.45, 2.75) is 6.42 Å². The van der Waals surface area contributed by atoms with E-state index in [0.717, 1.165) is 18.8 Å². The Morgan fingerprint density at radius 1 is 1.70 bits per heavy atom. The minimum atomic E-state index is -0.201. The van der Waals surface area contributed by atoms with Crippen LogP contribution in [0.3, 0.4) is 0 Å². The molecule has 10 heavy (non-hydrogen) atoms. The summed E-state index contributed by atoms with van der Waals surface area (Å²) >= 11 is 0. The molecule has 2 rings (SSSR count). The summed E-state index contributed by atoms with van der Waals surface area (Å²) in [5.74, 6) is 0.867. The number of amides is 1. The van der Waals surface area contributed by atoms with E-state index in [1.54, 1.807) is 6.21 Å². The highest BCUT2D eigenvalue weighted by atomic mass is 16.5. The van der Waals surface area contributed by atoms with Crippen LogP contribution < -0.4 is 0 Å². The molecule has 0 aliphatic carbocycles. The Balaban J connectivity index is 2.30. The maximum atomic E-state index is 10.7. The van der Waals surface area contributed by atoms with E-state index in [1.807, 2.05) is 0 Å². The zero-order valence-corrected chi connectivity index (χ0v) is 5.41. The largest absolute Gasteiger partial charge is 0.497 e. The highest BCUT2D eigenvalue weighted by Gasteiger charge is 2.24. The van der Waals surface area contributed by atoms with Gasteiger partial charge in [0.2, 0.25) is 0 Å². The summed E-state index contributed by atoms with van der Waals surface area (Å²) < 4.78 is 5.18. The summed E-state index contributed by atoms with van der Waals surface area (Å²) in [4.78, 5) is 14.3. The summed E-state index contributed by atoms with van der Waals surface area (Å²) in [6, 6.07) is 0. The first-order valence-corrected chi connectivity index (χ1v) is 3.29. The second-order valence-electron chi connectivity index (χ2n) is 2.41. The van der Waals surface area contributed by atoms with Gasteiger partial charge in [-0.15, -0.1) is 0 Å². The third-order valence-electron chi connectivity index (χ3n) is 1.71. The molecule has 0 aromatic rings. The predicted molar refractivity (Wildman–Crippen MR) is 35.6 cm³/mol. The molecule has 1 atom stereocenters. The molecule has 2 aliphatic rings. The highest BCUT2D eigenvalue weighted by Crippen LogP contribution is 2.24. The molecule has 2 aliphatic heterocycles. The van der Waals surface area contributed by atoms with Crippen LogP contribution in [0.1, 0.15) is 6.42 Å². The first-order chi connectivity index (χ1) is 4.86. The summed E-state index contributed by atoms with van der Waals surface area (Å²) in [5, 5.41) is 0. The molecule has 2 heterocycles. The van der Waals surface area contributed by atoms with Gasteiger partial charge < -0.3 is 4.74 Å². The highest BCUT2D eigenvalue weighted by molar-refractivity contribution is 5.97. The van der Waals surface area contributed by atoms with Crippen LogP contribution in [0.25, 0.3) is 0 Å². The number of aliphatic imine (C=N–C) groups is 1. The fraction of sp³-hybridized carbons (Fsp3) is 0.429. The molecule has 0 radical (unpaired) electrons.